The van der Waals surface area contributed by atoms with Gasteiger partial charge < -0.3 is 10.2 Å². The molecule has 3 aromatic rings. The van der Waals surface area contributed by atoms with E-state index < -0.39 is 28.5 Å². The Morgan fingerprint density at radius 3 is 2.11 bits per heavy atom. The lowest BCUT2D eigenvalue weighted by Crippen LogP contribution is -2.53. The number of anilines is 1. The van der Waals surface area contributed by atoms with Gasteiger partial charge in [-0.05, 0) is 55.7 Å². The normalized spacial score (nSPS) is 12.8. The first-order chi connectivity index (χ1) is 18.2. The Labute approximate surface area is 230 Å². The van der Waals surface area contributed by atoms with Gasteiger partial charge in [0.1, 0.15) is 12.6 Å². The van der Waals surface area contributed by atoms with E-state index in [4.69, 9.17) is 11.6 Å². The number of carbonyl (C=O) groups is 2. The molecule has 0 radical (unpaired) electrons. The first-order valence-corrected chi connectivity index (χ1v) is 14.5. The van der Waals surface area contributed by atoms with Crippen LogP contribution >= 0.6 is 11.6 Å². The van der Waals surface area contributed by atoms with Gasteiger partial charge in [0.15, 0.2) is 0 Å². The molecule has 2 amide bonds. The van der Waals surface area contributed by atoms with E-state index in [0.717, 1.165) is 16.3 Å². The smallest absolute Gasteiger partial charge is 0.264 e. The van der Waals surface area contributed by atoms with Crippen molar-refractivity contribution in [2.24, 2.45) is 0 Å². The van der Waals surface area contributed by atoms with Crippen LogP contribution in [0.2, 0.25) is 5.02 Å². The molecule has 0 fully saturated rings. The third kappa shape index (κ3) is 7.36. The lowest BCUT2D eigenvalue weighted by Gasteiger charge is -2.33. The summed E-state index contributed by atoms with van der Waals surface area (Å²) in [5.74, 6) is -0.772. The number of halogens is 1. The highest BCUT2D eigenvalue weighted by Crippen LogP contribution is 2.27. The molecule has 9 heteroatoms. The van der Waals surface area contributed by atoms with Crippen molar-refractivity contribution in [2.45, 2.75) is 57.1 Å². The number of hydrogen-bond acceptors (Lipinski definition) is 4. The highest BCUT2D eigenvalue weighted by atomic mass is 35.5. The molecular weight excluding hydrogens is 522 g/mol. The topological polar surface area (TPSA) is 86.8 Å². The van der Waals surface area contributed by atoms with Crippen LogP contribution < -0.4 is 9.62 Å². The van der Waals surface area contributed by atoms with Gasteiger partial charge in [0.2, 0.25) is 11.8 Å². The molecule has 0 aliphatic heterocycles. The Kier molecular flexibility index (Phi) is 10.3. The van der Waals surface area contributed by atoms with E-state index >= 15 is 0 Å². The third-order valence-corrected chi connectivity index (χ3v) is 8.31. The zero-order valence-corrected chi connectivity index (χ0v) is 23.5. The van der Waals surface area contributed by atoms with Gasteiger partial charge in [0.05, 0.1) is 10.6 Å². The lowest BCUT2D eigenvalue weighted by molar-refractivity contribution is -0.140. The first kappa shape index (κ1) is 29.2. The lowest BCUT2D eigenvalue weighted by atomic mass is 10.1. The van der Waals surface area contributed by atoms with E-state index in [1.54, 1.807) is 36.4 Å². The minimum absolute atomic E-state index is 0.0453. The molecule has 3 rings (SSSR count). The summed E-state index contributed by atoms with van der Waals surface area (Å²) < 4.78 is 28.6. The zero-order chi connectivity index (χ0) is 27.7. The van der Waals surface area contributed by atoms with Crippen LogP contribution in [-0.4, -0.2) is 43.8 Å². The summed E-state index contributed by atoms with van der Waals surface area (Å²) in [7, 11) is -4.12. The molecule has 0 spiro atoms. The second-order valence-corrected chi connectivity index (χ2v) is 11.4. The van der Waals surface area contributed by atoms with Crippen molar-refractivity contribution in [3.8, 4) is 0 Å². The van der Waals surface area contributed by atoms with Crippen molar-refractivity contribution in [2.75, 3.05) is 10.8 Å². The molecule has 0 saturated heterocycles. The van der Waals surface area contributed by atoms with Crippen molar-refractivity contribution in [1.29, 1.82) is 0 Å². The minimum atomic E-state index is -4.12. The van der Waals surface area contributed by atoms with Crippen molar-refractivity contribution >= 4 is 39.1 Å². The number of hydrogen-bond donors (Lipinski definition) is 1. The maximum absolute atomic E-state index is 14.0. The van der Waals surface area contributed by atoms with Crippen LogP contribution in [0.15, 0.2) is 89.8 Å². The second-order valence-electron chi connectivity index (χ2n) is 9.05. The van der Waals surface area contributed by atoms with E-state index in [-0.39, 0.29) is 29.1 Å². The maximum atomic E-state index is 14.0. The average molecular weight is 556 g/mol. The largest absolute Gasteiger partial charge is 0.352 e. The van der Waals surface area contributed by atoms with Crippen LogP contribution in [0, 0.1) is 0 Å². The van der Waals surface area contributed by atoms with Gasteiger partial charge in [-0.2, -0.15) is 0 Å². The Balaban J connectivity index is 2.03. The predicted molar refractivity (Wildman–Crippen MR) is 151 cm³/mol. The standard InChI is InChI=1S/C29H34ClN3O4S/c1-4-22(3)31-29(35)27(5-2)32(20-23-13-8-6-9-14-23)28(34)21-33(25-16-12-15-24(30)19-25)38(36,37)26-17-10-7-11-18-26/h6-19,22,27H,4-5,20-21H2,1-3H3,(H,31,35). The number of amides is 2. The summed E-state index contributed by atoms with van der Waals surface area (Å²) in [6, 6.07) is 22.8. The van der Waals surface area contributed by atoms with Gasteiger partial charge in [0.25, 0.3) is 10.0 Å². The predicted octanol–water partition coefficient (Wildman–Crippen LogP) is 5.26. The van der Waals surface area contributed by atoms with E-state index in [0.29, 0.717) is 11.4 Å². The van der Waals surface area contributed by atoms with E-state index in [1.807, 2.05) is 51.1 Å². The summed E-state index contributed by atoms with van der Waals surface area (Å²) in [5, 5.41) is 3.30. The maximum Gasteiger partial charge on any atom is 0.264 e. The molecule has 38 heavy (non-hydrogen) atoms. The van der Waals surface area contributed by atoms with Gasteiger partial charge in [-0.3, -0.25) is 13.9 Å². The molecule has 0 aliphatic rings. The Hall–Kier alpha value is -3.36. The summed E-state index contributed by atoms with van der Waals surface area (Å²) in [4.78, 5) is 28.7. The molecule has 0 bridgehead atoms. The molecular formula is C29H34ClN3O4S. The molecule has 0 saturated carbocycles. The van der Waals surface area contributed by atoms with Crippen molar-refractivity contribution in [3.63, 3.8) is 0 Å². The van der Waals surface area contributed by atoms with Gasteiger partial charge in [-0.15, -0.1) is 0 Å². The molecule has 3 aromatic carbocycles. The second kappa shape index (κ2) is 13.4. The number of nitrogens with one attached hydrogen (secondary N) is 1. The summed E-state index contributed by atoms with van der Waals surface area (Å²) in [6.45, 7) is 5.36. The van der Waals surface area contributed by atoms with Crippen molar-refractivity contribution in [1.82, 2.24) is 10.2 Å². The fraction of sp³-hybridized carbons (Fsp3) is 0.310. The molecule has 0 aliphatic carbocycles. The first-order valence-electron chi connectivity index (χ1n) is 12.6. The number of benzene rings is 3. The van der Waals surface area contributed by atoms with Gasteiger partial charge in [0, 0.05) is 17.6 Å². The summed E-state index contributed by atoms with van der Waals surface area (Å²) in [5.41, 5.74) is 1.09. The summed E-state index contributed by atoms with van der Waals surface area (Å²) >= 11 is 6.20. The molecule has 0 aromatic heterocycles. The molecule has 1 N–H and O–H groups in total. The highest BCUT2D eigenvalue weighted by molar-refractivity contribution is 7.92. The van der Waals surface area contributed by atoms with Crippen molar-refractivity contribution < 1.29 is 18.0 Å². The van der Waals surface area contributed by atoms with Crippen LogP contribution in [0.1, 0.15) is 39.2 Å². The molecule has 2 unspecified atom stereocenters. The number of sulfonamides is 1. The Morgan fingerprint density at radius 1 is 0.895 bits per heavy atom. The number of rotatable bonds is 12. The quantitative estimate of drug-likeness (QED) is 0.330. The Morgan fingerprint density at radius 2 is 1.53 bits per heavy atom. The summed E-state index contributed by atoms with van der Waals surface area (Å²) in [6.07, 6.45) is 1.11. The minimum Gasteiger partial charge on any atom is -0.352 e. The molecule has 202 valence electrons. The van der Waals surface area contributed by atoms with Crippen LogP contribution in [0.5, 0.6) is 0 Å². The van der Waals surface area contributed by atoms with Gasteiger partial charge in [-0.25, -0.2) is 8.42 Å². The number of nitrogens with zero attached hydrogens (tertiary/aromatic N) is 2. The van der Waals surface area contributed by atoms with Gasteiger partial charge in [-0.1, -0.05) is 80.0 Å². The fourth-order valence-electron chi connectivity index (χ4n) is 4.02. The molecule has 7 nitrogen and oxygen atoms in total. The van der Waals surface area contributed by atoms with E-state index in [9.17, 15) is 18.0 Å². The van der Waals surface area contributed by atoms with Crippen LogP contribution in [0.4, 0.5) is 5.69 Å². The highest BCUT2D eigenvalue weighted by Gasteiger charge is 2.34. The average Bonchev–Trinajstić information content (AvgIpc) is 2.92. The monoisotopic (exact) mass is 555 g/mol. The number of carbonyl (C=O) groups excluding carboxylic acids is 2. The third-order valence-electron chi connectivity index (χ3n) is 6.29. The van der Waals surface area contributed by atoms with Crippen LogP contribution in [0.25, 0.3) is 0 Å². The van der Waals surface area contributed by atoms with E-state index in [2.05, 4.69) is 5.32 Å². The Bertz CT molecular complexity index is 1320. The van der Waals surface area contributed by atoms with Crippen LogP contribution in [0.3, 0.4) is 0 Å². The van der Waals surface area contributed by atoms with Gasteiger partial charge >= 0.3 is 0 Å². The SMILES string of the molecule is CCC(C)NC(=O)C(CC)N(Cc1ccccc1)C(=O)CN(c1cccc(Cl)c1)S(=O)(=O)c1ccccc1. The molecule has 0 heterocycles. The molecule has 2 atom stereocenters. The van der Waals surface area contributed by atoms with E-state index in [1.165, 1.54) is 23.1 Å². The fourth-order valence-corrected chi connectivity index (χ4v) is 5.63. The van der Waals surface area contributed by atoms with Crippen LogP contribution in [-0.2, 0) is 26.2 Å². The zero-order valence-electron chi connectivity index (χ0n) is 21.9. The van der Waals surface area contributed by atoms with Crippen molar-refractivity contribution in [3.05, 3.63) is 95.5 Å².